The third-order valence-electron chi connectivity index (χ3n) is 5.75. The van der Waals surface area contributed by atoms with Crippen molar-refractivity contribution in [2.24, 2.45) is 0 Å². The second kappa shape index (κ2) is 11.9. The van der Waals surface area contributed by atoms with E-state index in [-0.39, 0.29) is 18.5 Å². The minimum absolute atomic E-state index is 0.0973. The molecule has 0 bridgehead atoms. The predicted octanol–water partition coefficient (Wildman–Crippen LogP) is 5.74. The van der Waals surface area contributed by atoms with Crippen molar-refractivity contribution in [2.75, 3.05) is 30.8 Å². The number of urea groups is 1. The number of aryl methyl sites for hydroxylation is 1. The third kappa shape index (κ3) is 6.55. The van der Waals surface area contributed by atoms with Crippen molar-refractivity contribution >= 4 is 23.4 Å². The van der Waals surface area contributed by atoms with E-state index in [1.54, 1.807) is 11.8 Å². The number of carbonyl (C=O) groups excluding carboxylic acids is 2. The number of methoxy groups -OCH3 is 1. The molecule has 1 aromatic heterocycles. The van der Waals surface area contributed by atoms with Crippen LogP contribution < -0.4 is 15.4 Å². The molecule has 0 fully saturated rings. The van der Waals surface area contributed by atoms with Gasteiger partial charge < -0.3 is 20.3 Å². The Morgan fingerprint density at radius 2 is 1.70 bits per heavy atom. The fraction of sp³-hybridized carbons (Fsp3) is 0.207. The first kappa shape index (κ1) is 25.5. The first-order chi connectivity index (χ1) is 18.0. The van der Waals surface area contributed by atoms with E-state index < -0.39 is 0 Å². The number of rotatable bonds is 9. The molecule has 1 heterocycles. The zero-order valence-corrected chi connectivity index (χ0v) is 21.3. The third-order valence-corrected chi connectivity index (χ3v) is 5.75. The van der Waals surface area contributed by atoms with Gasteiger partial charge in [0.25, 0.3) is 0 Å². The molecule has 0 saturated carbocycles. The Labute approximate surface area is 216 Å². The van der Waals surface area contributed by atoms with Crippen molar-refractivity contribution in [3.63, 3.8) is 0 Å². The molecule has 0 aliphatic carbocycles. The van der Waals surface area contributed by atoms with Gasteiger partial charge in [0.1, 0.15) is 18.1 Å². The van der Waals surface area contributed by atoms with E-state index in [0.717, 1.165) is 29.0 Å². The molecule has 3 aromatic carbocycles. The van der Waals surface area contributed by atoms with Crippen LogP contribution in [0.25, 0.3) is 16.9 Å². The molecule has 37 heavy (non-hydrogen) atoms. The number of anilines is 2. The van der Waals surface area contributed by atoms with Crippen LogP contribution in [0.3, 0.4) is 0 Å². The molecule has 4 aromatic rings. The molecule has 0 unspecified atom stereocenters. The quantitative estimate of drug-likeness (QED) is 0.309. The van der Waals surface area contributed by atoms with Gasteiger partial charge in [0.05, 0.1) is 18.5 Å². The van der Waals surface area contributed by atoms with Crippen molar-refractivity contribution in [3.05, 3.63) is 90.5 Å². The number of aromatic nitrogens is 2. The van der Waals surface area contributed by atoms with Gasteiger partial charge in [-0.25, -0.2) is 9.48 Å². The highest BCUT2D eigenvalue weighted by Gasteiger charge is 2.19. The predicted molar refractivity (Wildman–Crippen MR) is 146 cm³/mol. The molecule has 4 rings (SSSR count). The number of nitrogens with one attached hydrogen (secondary N) is 2. The van der Waals surface area contributed by atoms with Crippen molar-refractivity contribution in [1.29, 1.82) is 0 Å². The van der Waals surface area contributed by atoms with Crippen LogP contribution in [0.15, 0.2) is 84.9 Å². The zero-order chi connectivity index (χ0) is 26.2. The van der Waals surface area contributed by atoms with Crippen LogP contribution in [0.1, 0.15) is 18.9 Å². The van der Waals surface area contributed by atoms with Gasteiger partial charge in [0.15, 0.2) is 0 Å². The first-order valence-corrected chi connectivity index (χ1v) is 12.2. The van der Waals surface area contributed by atoms with E-state index in [0.29, 0.717) is 23.7 Å². The minimum Gasteiger partial charge on any atom is -0.497 e. The van der Waals surface area contributed by atoms with Crippen molar-refractivity contribution < 1.29 is 14.3 Å². The molecule has 3 amide bonds. The minimum atomic E-state index is -0.323. The summed E-state index contributed by atoms with van der Waals surface area (Å²) < 4.78 is 6.95. The maximum Gasteiger partial charge on any atom is 0.322 e. The van der Waals surface area contributed by atoms with Crippen LogP contribution in [-0.4, -0.2) is 46.8 Å². The Morgan fingerprint density at radius 3 is 2.38 bits per heavy atom. The summed E-state index contributed by atoms with van der Waals surface area (Å²) in [6.45, 7) is 4.27. The molecule has 0 spiro atoms. The summed E-state index contributed by atoms with van der Waals surface area (Å²) in [7, 11) is 1.61. The Hall–Kier alpha value is -4.59. The lowest BCUT2D eigenvalue weighted by molar-refractivity contribution is -0.116. The molecular weight excluding hydrogens is 466 g/mol. The van der Waals surface area contributed by atoms with E-state index in [2.05, 4.69) is 10.6 Å². The Kier molecular flexibility index (Phi) is 8.20. The Bertz CT molecular complexity index is 1350. The molecule has 8 heteroatoms. The van der Waals surface area contributed by atoms with E-state index in [9.17, 15) is 9.59 Å². The highest BCUT2D eigenvalue weighted by molar-refractivity contribution is 5.97. The molecular formula is C29H31N5O3. The van der Waals surface area contributed by atoms with Crippen LogP contribution in [0.2, 0.25) is 0 Å². The van der Waals surface area contributed by atoms with Crippen LogP contribution in [-0.2, 0) is 4.79 Å². The molecule has 0 atom stereocenters. The van der Waals surface area contributed by atoms with Gasteiger partial charge in [0.2, 0.25) is 5.91 Å². The molecule has 0 saturated heterocycles. The summed E-state index contributed by atoms with van der Waals surface area (Å²) in [6, 6.07) is 26.2. The van der Waals surface area contributed by atoms with Crippen molar-refractivity contribution in [3.8, 4) is 22.7 Å². The van der Waals surface area contributed by atoms with Gasteiger partial charge in [-0.2, -0.15) is 5.10 Å². The maximum atomic E-state index is 13.1. The lowest BCUT2D eigenvalue weighted by atomic mass is 10.1. The number of benzene rings is 3. The Morgan fingerprint density at radius 1 is 0.946 bits per heavy atom. The number of ether oxygens (including phenoxy) is 1. The largest absolute Gasteiger partial charge is 0.497 e. The van der Waals surface area contributed by atoms with E-state index in [1.165, 1.54) is 4.90 Å². The lowest BCUT2D eigenvalue weighted by Gasteiger charge is -2.22. The SMILES string of the molecule is CCCN(CC(=O)Nc1cc(-c2ccccc2)nn1-c1ccc(OC)cc1)C(=O)Nc1cccc(C)c1. The number of hydrogen-bond donors (Lipinski definition) is 2. The average Bonchev–Trinajstić information content (AvgIpc) is 3.32. The first-order valence-electron chi connectivity index (χ1n) is 12.2. The fourth-order valence-corrected chi connectivity index (χ4v) is 3.94. The summed E-state index contributed by atoms with van der Waals surface area (Å²) >= 11 is 0. The molecule has 0 radical (unpaired) electrons. The summed E-state index contributed by atoms with van der Waals surface area (Å²) in [5.74, 6) is 0.909. The normalized spacial score (nSPS) is 10.6. The summed E-state index contributed by atoms with van der Waals surface area (Å²) in [6.07, 6.45) is 0.719. The Balaban J connectivity index is 1.55. The van der Waals surface area contributed by atoms with Gasteiger partial charge in [-0.1, -0.05) is 49.4 Å². The van der Waals surface area contributed by atoms with Crippen LogP contribution >= 0.6 is 0 Å². The molecule has 8 nitrogen and oxygen atoms in total. The highest BCUT2D eigenvalue weighted by Crippen LogP contribution is 2.26. The summed E-state index contributed by atoms with van der Waals surface area (Å²) in [5, 5.41) is 10.6. The smallest absolute Gasteiger partial charge is 0.322 e. The molecule has 190 valence electrons. The number of nitrogens with zero attached hydrogens (tertiary/aromatic N) is 3. The maximum absolute atomic E-state index is 13.1. The van der Waals surface area contributed by atoms with Crippen molar-refractivity contribution in [1.82, 2.24) is 14.7 Å². The van der Waals surface area contributed by atoms with Gasteiger partial charge in [-0.3, -0.25) is 4.79 Å². The van der Waals surface area contributed by atoms with Gasteiger partial charge in [0, 0.05) is 23.9 Å². The number of hydrogen-bond acceptors (Lipinski definition) is 4. The summed E-state index contributed by atoms with van der Waals surface area (Å²) in [4.78, 5) is 27.6. The van der Waals surface area contributed by atoms with Gasteiger partial charge in [-0.15, -0.1) is 0 Å². The van der Waals surface area contributed by atoms with Crippen LogP contribution in [0.5, 0.6) is 5.75 Å². The topological polar surface area (TPSA) is 88.5 Å². The highest BCUT2D eigenvalue weighted by atomic mass is 16.5. The summed E-state index contributed by atoms with van der Waals surface area (Å²) in [5.41, 5.74) is 4.14. The van der Waals surface area contributed by atoms with Crippen LogP contribution in [0.4, 0.5) is 16.3 Å². The van der Waals surface area contributed by atoms with E-state index in [1.807, 2.05) is 98.8 Å². The van der Waals surface area contributed by atoms with Gasteiger partial charge in [-0.05, 0) is 55.3 Å². The molecule has 0 aliphatic rings. The number of carbonyl (C=O) groups is 2. The zero-order valence-electron chi connectivity index (χ0n) is 21.3. The monoisotopic (exact) mass is 497 g/mol. The van der Waals surface area contributed by atoms with Crippen LogP contribution in [0, 0.1) is 6.92 Å². The van der Waals surface area contributed by atoms with Gasteiger partial charge >= 0.3 is 6.03 Å². The molecule has 2 N–H and O–H groups in total. The molecule has 0 aliphatic heterocycles. The standard InChI is InChI=1S/C29H31N5O3/c1-4-17-33(29(36)30-23-12-8-9-21(2)18-23)20-28(35)31-27-19-26(22-10-6-5-7-11-22)32-34(27)24-13-15-25(37-3)16-14-24/h5-16,18-19H,4,17,20H2,1-3H3,(H,30,36)(H,31,35). The second-order valence-electron chi connectivity index (χ2n) is 8.66. The fourth-order valence-electron chi connectivity index (χ4n) is 3.94. The average molecular weight is 498 g/mol. The van der Waals surface area contributed by atoms with E-state index in [4.69, 9.17) is 9.84 Å². The lowest BCUT2D eigenvalue weighted by Crippen LogP contribution is -2.41. The van der Waals surface area contributed by atoms with E-state index >= 15 is 0 Å². The van der Waals surface area contributed by atoms with Crippen molar-refractivity contribution in [2.45, 2.75) is 20.3 Å². The number of amides is 3. The second-order valence-corrected chi connectivity index (χ2v) is 8.66.